The molecule has 0 saturated heterocycles. The average Bonchev–Trinajstić information content (AvgIpc) is 2.82. The fourth-order valence-corrected chi connectivity index (χ4v) is 4.25. The SMILES string of the molecule is CCC(CCl)(Cc1cc(Br)cs1)c1ccccc1. The molecule has 18 heavy (non-hydrogen) atoms. The van der Waals surface area contributed by atoms with Gasteiger partial charge in [0.05, 0.1) is 0 Å². The van der Waals surface area contributed by atoms with Gasteiger partial charge in [0.15, 0.2) is 0 Å². The van der Waals surface area contributed by atoms with Gasteiger partial charge >= 0.3 is 0 Å². The van der Waals surface area contributed by atoms with Crippen LogP contribution in [0.3, 0.4) is 0 Å². The predicted molar refractivity (Wildman–Crippen MR) is 84.9 cm³/mol. The first-order chi connectivity index (χ1) is 8.70. The van der Waals surface area contributed by atoms with E-state index in [0.717, 1.165) is 17.3 Å². The van der Waals surface area contributed by atoms with E-state index in [2.05, 4.69) is 64.6 Å². The number of hydrogen-bond donors (Lipinski definition) is 0. The zero-order valence-electron chi connectivity index (χ0n) is 10.3. The van der Waals surface area contributed by atoms with E-state index in [1.54, 1.807) is 11.3 Å². The molecule has 0 saturated carbocycles. The van der Waals surface area contributed by atoms with E-state index in [4.69, 9.17) is 11.6 Å². The zero-order chi connectivity index (χ0) is 13.0. The smallest absolute Gasteiger partial charge is 0.0323 e. The lowest BCUT2D eigenvalue weighted by Gasteiger charge is -2.31. The molecule has 0 radical (unpaired) electrons. The second kappa shape index (κ2) is 6.23. The Balaban J connectivity index is 2.32. The third kappa shape index (κ3) is 2.98. The van der Waals surface area contributed by atoms with Gasteiger partial charge in [-0.2, -0.15) is 0 Å². The van der Waals surface area contributed by atoms with Crippen molar-refractivity contribution >= 4 is 38.9 Å². The van der Waals surface area contributed by atoms with Crippen molar-refractivity contribution in [2.45, 2.75) is 25.2 Å². The van der Waals surface area contributed by atoms with Crippen LogP contribution in [0, 0.1) is 0 Å². The molecule has 0 spiro atoms. The van der Waals surface area contributed by atoms with Crippen LogP contribution in [0.1, 0.15) is 23.8 Å². The topological polar surface area (TPSA) is 0 Å². The molecule has 0 amide bonds. The fraction of sp³-hybridized carbons (Fsp3) is 0.333. The Morgan fingerprint density at radius 1 is 1.28 bits per heavy atom. The fourth-order valence-electron chi connectivity index (χ4n) is 2.22. The number of halogens is 2. The number of rotatable bonds is 5. The second-order valence-corrected chi connectivity index (χ2v) is 6.72. The van der Waals surface area contributed by atoms with Gasteiger partial charge in [-0.3, -0.25) is 0 Å². The summed E-state index contributed by atoms with van der Waals surface area (Å²) in [5.74, 6) is 0.656. The van der Waals surface area contributed by atoms with Crippen molar-refractivity contribution in [2.75, 3.05) is 5.88 Å². The minimum atomic E-state index is 0.0487. The molecule has 2 rings (SSSR count). The summed E-state index contributed by atoms with van der Waals surface area (Å²) in [7, 11) is 0. The standard InChI is InChI=1S/C15H16BrClS/c1-2-15(11-17,12-6-4-3-5-7-12)9-14-8-13(16)10-18-14/h3-8,10H,2,9,11H2,1H3. The van der Waals surface area contributed by atoms with E-state index in [1.807, 2.05) is 0 Å². The number of thiophene rings is 1. The Hall–Kier alpha value is -0.310. The number of alkyl halides is 1. The monoisotopic (exact) mass is 342 g/mol. The van der Waals surface area contributed by atoms with Crippen LogP contribution in [0.15, 0.2) is 46.3 Å². The van der Waals surface area contributed by atoms with Crippen molar-refractivity contribution in [1.82, 2.24) is 0 Å². The summed E-state index contributed by atoms with van der Waals surface area (Å²) in [6, 6.07) is 12.8. The molecule has 1 atom stereocenters. The van der Waals surface area contributed by atoms with Crippen molar-refractivity contribution in [1.29, 1.82) is 0 Å². The Bertz CT molecular complexity index is 488. The lowest BCUT2D eigenvalue weighted by atomic mass is 9.76. The van der Waals surface area contributed by atoms with Crippen LogP contribution in [0.4, 0.5) is 0 Å². The van der Waals surface area contributed by atoms with E-state index in [-0.39, 0.29) is 5.41 Å². The molecule has 1 aromatic heterocycles. The van der Waals surface area contributed by atoms with E-state index >= 15 is 0 Å². The molecule has 0 bridgehead atoms. The molecule has 0 fully saturated rings. The van der Waals surface area contributed by atoms with Crippen molar-refractivity contribution in [3.8, 4) is 0 Å². The van der Waals surface area contributed by atoms with Gasteiger partial charge < -0.3 is 0 Å². The van der Waals surface area contributed by atoms with Gasteiger partial charge in [-0.25, -0.2) is 0 Å². The van der Waals surface area contributed by atoms with Gasteiger partial charge in [0, 0.05) is 26.0 Å². The highest BCUT2D eigenvalue weighted by Gasteiger charge is 2.30. The van der Waals surface area contributed by atoms with Crippen LogP contribution in [0.2, 0.25) is 0 Å². The summed E-state index contributed by atoms with van der Waals surface area (Å²) < 4.78 is 1.16. The van der Waals surface area contributed by atoms with Crippen LogP contribution < -0.4 is 0 Å². The Morgan fingerprint density at radius 3 is 2.50 bits per heavy atom. The maximum Gasteiger partial charge on any atom is 0.0323 e. The van der Waals surface area contributed by atoms with Gasteiger partial charge in [0.1, 0.15) is 0 Å². The maximum atomic E-state index is 6.31. The maximum absolute atomic E-state index is 6.31. The van der Waals surface area contributed by atoms with E-state index < -0.39 is 0 Å². The first-order valence-electron chi connectivity index (χ1n) is 6.04. The second-order valence-electron chi connectivity index (χ2n) is 4.54. The van der Waals surface area contributed by atoms with Gasteiger partial charge in [-0.15, -0.1) is 22.9 Å². The van der Waals surface area contributed by atoms with E-state index in [1.165, 1.54) is 10.4 Å². The van der Waals surface area contributed by atoms with Gasteiger partial charge in [0.25, 0.3) is 0 Å². The first kappa shape index (κ1) is 14.1. The molecule has 96 valence electrons. The van der Waals surface area contributed by atoms with Crippen LogP contribution in [0.5, 0.6) is 0 Å². The predicted octanol–water partition coefficient (Wildman–Crippen LogP) is 5.64. The van der Waals surface area contributed by atoms with Gasteiger partial charge in [0.2, 0.25) is 0 Å². The third-order valence-corrected chi connectivity index (χ3v) is 5.66. The number of benzene rings is 1. The van der Waals surface area contributed by atoms with Gasteiger partial charge in [-0.05, 0) is 40.4 Å². The van der Waals surface area contributed by atoms with Crippen LogP contribution in [-0.4, -0.2) is 5.88 Å². The highest BCUT2D eigenvalue weighted by Crippen LogP contribution is 2.35. The van der Waals surface area contributed by atoms with Crippen molar-refractivity contribution in [3.63, 3.8) is 0 Å². The van der Waals surface area contributed by atoms with E-state index in [9.17, 15) is 0 Å². The highest BCUT2D eigenvalue weighted by atomic mass is 79.9. The lowest BCUT2D eigenvalue weighted by Crippen LogP contribution is -2.30. The minimum Gasteiger partial charge on any atom is -0.148 e. The first-order valence-corrected chi connectivity index (χ1v) is 8.25. The molecule has 0 aliphatic carbocycles. The molecule has 0 nitrogen and oxygen atoms in total. The molecule has 0 aliphatic rings. The molecule has 3 heteroatoms. The third-order valence-electron chi connectivity index (χ3n) is 3.45. The molecule has 1 aromatic carbocycles. The highest BCUT2D eigenvalue weighted by molar-refractivity contribution is 9.10. The zero-order valence-corrected chi connectivity index (χ0v) is 13.5. The summed E-state index contributed by atoms with van der Waals surface area (Å²) in [5.41, 5.74) is 1.39. The molecule has 1 unspecified atom stereocenters. The summed E-state index contributed by atoms with van der Waals surface area (Å²) in [6.45, 7) is 2.22. The van der Waals surface area contributed by atoms with Crippen molar-refractivity contribution in [2.24, 2.45) is 0 Å². The molecular weight excluding hydrogens is 328 g/mol. The van der Waals surface area contributed by atoms with Crippen molar-refractivity contribution < 1.29 is 0 Å². The van der Waals surface area contributed by atoms with Crippen LogP contribution >= 0.6 is 38.9 Å². The Morgan fingerprint density at radius 2 is 2.00 bits per heavy atom. The van der Waals surface area contributed by atoms with E-state index in [0.29, 0.717) is 5.88 Å². The molecular formula is C15H16BrClS. The van der Waals surface area contributed by atoms with Crippen LogP contribution in [0.25, 0.3) is 0 Å². The van der Waals surface area contributed by atoms with Crippen molar-refractivity contribution in [3.05, 3.63) is 56.7 Å². The Kier molecular flexibility index (Phi) is 4.88. The quantitative estimate of drug-likeness (QED) is 0.616. The van der Waals surface area contributed by atoms with Gasteiger partial charge in [-0.1, -0.05) is 37.3 Å². The molecule has 0 N–H and O–H groups in total. The summed E-state index contributed by atoms with van der Waals surface area (Å²) >= 11 is 11.6. The summed E-state index contributed by atoms with van der Waals surface area (Å²) in [6.07, 6.45) is 2.06. The summed E-state index contributed by atoms with van der Waals surface area (Å²) in [4.78, 5) is 1.38. The average molecular weight is 344 g/mol. The molecule has 2 aromatic rings. The normalized spacial score (nSPS) is 14.4. The summed E-state index contributed by atoms with van der Waals surface area (Å²) in [5, 5.41) is 2.13. The largest absolute Gasteiger partial charge is 0.148 e. The minimum absolute atomic E-state index is 0.0487. The van der Waals surface area contributed by atoms with Crippen LogP contribution in [-0.2, 0) is 11.8 Å². The Labute approximate surface area is 126 Å². The number of hydrogen-bond acceptors (Lipinski definition) is 1. The molecule has 0 aliphatic heterocycles. The lowest BCUT2D eigenvalue weighted by molar-refractivity contribution is 0.461. The molecule has 1 heterocycles.